The molecule has 0 heterocycles. The first-order valence-electron chi connectivity index (χ1n) is 3.11. The van der Waals surface area contributed by atoms with Crippen LogP contribution in [0, 0.1) is 11.6 Å². The summed E-state index contributed by atoms with van der Waals surface area (Å²) in [6.45, 7) is 0.259. The van der Waals surface area contributed by atoms with Crippen molar-refractivity contribution in [3.05, 3.63) is 35.4 Å². The van der Waals surface area contributed by atoms with E-state index in [-0.39, 0.29) is 6.54 Å². The van der Waals surface area contributed by atoms with Gasteiger partial charge >= 0.3 is 0 Å². The zero-order valence-electron chi connectivity index (χ0n) is 5.77. The molecule has 4 heteroatoms. The first kappa shape index (κ1) is 8.10. The van der Waals surface area contributed by atoms with Crippen LogP contribution in [0.25, 0.3) is 0 Å². The Kier molecular flexibility index (Phi) is 2.51. The minimum absolute atomic E-state index is 0.259. The van der Waals surface area contributed by atoms with Gasteiger partial charge < -0.3 is 0 Å². The Labute approximate surface area is 63.0 Å². The molecular formula is C7H8F2N2. The third-order valence-corrected chi connectivity index (χ3v) is 1.23. The molecule has 60 valence electrons. The van der Waals surface area contributed by atoms with Crippen LogP contribution in [0.15, 0.2) is 18.2 Å². The molecule has 0 saturated carbocycles. The van der Waals surface area contributed by atoms with Gasteiger partial charge in [0.15, 0.2) is 0 Å². The van der Waals surface area contributed by atoms with E-state index in [0.717, 1.165) is 6.07 Å². The van der Waals surface area contributed by atoms with E-state index in [0.29, 0.717) is 5.56 Å². The summed E-state index contributed by atoms with van der Waals surface area (Å²) >= 11 is 0. The highest BCUT2D eigenvalue weighted by Gasteiger charge is 1.98. The van der Waals surface area contributed by atoms with Gasteiger partial charge in [-0.3, -0.25) is 11.3 Å². The highest BCUT2D eigenvalue weighted by Crippen LogP contribution is 2.06. The van der Waals surface area contributed by atoms with Crippen molar-refractivity contribution < 1.29 is 8.78 Å². The predicted molar refractivity (Wildman–Crippen MR) is 37.4 cm³/mol. The number of halogens is 2. The Bertz CT molecular complexity index is 230. The van der Waals surface area contributed by atoms with E-state index >= 15 is 0 Å². The maximum absolute atomic E-state index is 12.4. The fourth-order valence-corrected chi connectivity index (χ4v) is 0.831. The minimum atomic E-state index is -0.588. The molecule has 11 heavy (non-hydrogen) atoms. The smallest absolute Gasteiger partial charge is 0.126 e. The molecule has 2 nitrogen and oxygen atoms in total. The summed E-state index contributed by atoms with van der Waals surface area (Å²) in [4.78, 5) is 0. The number of hydrazine groups is 1. The number of hydrogen-bond donors (Lipinski definition) is 2. The largest absolute Gasteiger partial charge is 0.271 e. The van der Waals surface area contributed by atoms with Crippen LogP contribution in [0.5, 0.6) is 0 Å². The van der Waals surface area contributed by atoms with Crippen LogP contribution in [0.4, 0.5) is 8.78 Å². The molecule has 0 amide bonds. The lowest BCUT2D eigenvalue weighted by Gasteiger charge is -1.99. The lowest BCUT2D eigenvalue weighted by atomic mass is 10.2. The number of nitrogens with two attached hydrogens (primary N) is 1. The van der Waals surface area contributed by atoms with Crippen molar-refractivity contribution in [2.45, 2.75) is 6.54 Å². The molecule has 0 unspecified atom stereocenters. The Hall–Kier alpha value is -1.00. The van der Waals surface area contributed by atoms with E-state index in [1.165, 1.54) is 12.1 Å². The fourth-order valence-electron chi connectivity index (χ4n) is 0.831. The molecule has 0 fully saturated rings. The molecule has 0 aliphatic heterocycles. The Morgan fingerprint density at radius 2 is 1.73 bits per heavy atom. The van der Waals surface area contributed by atoms with E-state index in [1.54, 1.807) is 0 Å². The fraction of sp³-hybridized carbons (Fsp3) is 0.143. The van der Waals surface area contributed by atoms with Crippen molar-refractivity contribution in [2.75, 3.05) is 0 Å². The van der Waals surface area contributed by atoms with Crippen LogP contribution in [-0.2, 0) is 6.54 Å². The van der Waals surface area contributed by atoms with Gasteiger partial charge in [-0.15, -0.1) is 0 Å². The molecule has 0 bridgehead atoms. The summed E-state index contributed by atoms with van der Waals surface area (Å²) < 4.78 is 24.9. The highest BCUT2D eigenvalue weighted by molar-refractivity contribution is 5.17. The molecule has 0 aliphatic rings. The van der Waals surface area contributed by atoms with Gasteiger partial charge in [-0.25, -0.2) is 8.78 Å². The standard InChI is InChI=1S/C7H8F2N2/c8-6-1-5(4-11-10)2-7(9)3-6/h1-3,11H,4,10H2. The Morgan fingerprint density at radius 3 is 2.18 bits per heavy atom. The van der Waals surface area contributed by atoms with Crippen molar-refractivity contribution >= 4 is 0 Å². The van der Waals surface area contributed by atoms with Crippen LogP contribution >= 0.6 is 0 Å². The highest BCUT2D eigenvalue weighted by atomic mass is 19.1. The van der Waals surface area contributed by atoms with Gasteiger partial charge in [-0.1, -0.05) is 0 Å². The molecule has 0 atom stereocenters. The lowest BCUT2D eigenvalue weighted by Crippen LogP contribution is -2.20. The van der Waals surface area contributed by atoms with Crippen LogP contribution in [0.1, 0.15) is 5.56 Å². The van der Waals surface area contributed by atoms with Crippen molar-refractivity contribution in [2.24, 2.45) is 5.84 Å². The normalized spacial score (nSPS) is 10.1. The van der Waals surface area contributed by atoms with E-state index < -0.39 is 11.6 Å². The molecule has 0 spiro atoms. The van der Waals surface area contributed by atoms with Gasteiger partial charge in [0.05, 0.1) is 0 Å². The molecule has 0 aromatic heterocycles. The monoisotopic (exact) mass is 158 g/mol. The van der Waals surface area contributed by atoms with Crippen molar-refractivity contribution in [3.8, 4) is 0 Å². The second kappa shape index (κ2) is 3.41. The van der Waals surface area contributed by atoms with Gasteiger partial charge in [0.2, 0.25) is 0 Å². The van der Waals surface area contributed by atoms with Crippen LogP contribution < -0.4 is 11.3 Å². The quantitative estimate of drug-likeness (QED) is 0.496. The average Bonchev–Trinajstić information content (AvgIpc) is 1.85. The summed E-state index contributed by atoms with van der Waals surface area (Å²) in [5, 5.41) is 0. The number of benzene rings is 1. The third-order valence-electron chi connectivity index (χ3n) is 1.23. The lowest BCUT2D eigenvalue weighted by molar-refractivity contribution is 0.576. The first-order chi connectivity index (χ1) is 5.22. The Morgan fingerprint density at radius 1 is 1.18 bits per heavy atom. The topological polar surface area (TPSA) is 38.0 Å². The van der Waals surface area contributed by atoms with E-state index in [9.17, 15) is 8.78 Å². The van der Waals surface area contributed by atoms with Crippen molar-refractivity contribution in [3.63, 3.8) is 0 Å². The summed E-state index contributed by atoms with van der Waals surface area (Å²) in [6, 6.07) is 3.27. The van der Waals surface area contributed by atoms with Gasteiger partial charge in [0.1, 0.15) is 11.6 Å². The summed E-state index contributed by atoms with van der Waals surface area (Å²) in [5.41, 5.74) is 2.80. The van der Waals surface area contributed by atoms with Crippen LogP contribution in [0.3, 0.4) is 0 Å². The second-order valence-electron chi connectivity index (χ2n) is 2.16. The van der Waals surface area contributed by atoms with E-state index in [4.69, 9.17) is 5.84 Å². The maximum Gasteiger partial charge on any atom is 0.126 e. The summed E-state index contributed by atoms with van der Waals surface area (Å²) in [6.07, 6.45) is 0. The minimum Gasteiger partial charge on any atom is -0.271 e. The molecule has 1 aromatic carbocycles. The number of rotatable bonds is 2. The molecule has 3 N–H and O–H groups in total. The molecule has 0 aliphatic carbocycles. The maximum atomic E-state index is 12.4. The SMILES string of the molecule is NNCc1cc(F)cc(F)c1. The zero-order chi connectivity index (χ0) is 8.27. The van der Waals surface area contributed by atoms with Gasteiger partial charge in [-0.2, -0.15) is 0 Å². The number of nitrogens with one attached hydrogen (secondary N) is 1. The average molecular weight is 158 g/mol. The Balaban J connectivity index is 2.89. The van der Waals surface area contributed by atoms with Crippen LogP contribution in [0.2, 0.25) is 0 Å². The summed E-state index contributed by atoms with van der Waals surface area (Å²) in [5.74, 6) is 3.79. The van der Waals surface area contributed by atoms with Gasteiger partial charge in [0, 0.05) is 12.6 Å². The van der Waals surface area contributed by atoms with Crippen molar-refractivity contribution in [1.82, 2.24) is 5.43 Å². The summed E-state index contributed by atoms with van der Waals surface area (Å²) in [7, 11) is 0. The predicted octanol–water partition coefficient (Wildman–Crippen LogP) is 0.928. The first-order valence-corrected chi connectivity index (χ1v) is 3.11. The molecular weight excluding hydrogens is 150 g/mol. The second-order valence-corrected chi connectivity index (χ2v) is 2.16. The molecule has 1 rings (SSSR count). The van der Waals surface area contributed by atoms with E-state index in [2.05, 4.69) is 5.43 Å². The van der Waals surface area contributed by atoms with Crippen LogP contribution in [-0.4, -0.2) is 0 Å². The van der Waals surface area contributed by atoms with Gasteiger partial charge in [-0.05, 0) is 17.7 Å². The van der Waals surface area contributed by atoms with Gasteiger partial charge in [0.25, 0.3) is 0 Å². The zero-order valence-corrected chi connectivity index (χ0v) is 5.77. The van der Waals surface area contributed by atoms with E-state index in [1.807, 2.05) is 0 Å². The molecule has 0 saturated heterocycles. The third kappa shape index (κ3) is 2.25. The number of hydrogen-bond acceptors (Lipinski definition) is 2. The molecule has 1 aromatic rings. The molecule has 0 radical (unpaired) electrons. The van der Waals surface area contributed by atoms with Crippen molar-refractivity contribution in [1.29, 1.82) is 0 Å².